The molecule has 0 fully saturated rings. The van der Waals surface area contributed by atoms with Gasteiger partial charge in [0.15, 0.2) is 0 Å². The van der Waals surface area contributed by atoms with E-state index < -0.39 is 0 Å². The third-order valence-corrected chi connectivity index (χ3v) is 4.43. The van der Waals surface area contributed by atoms with Crippen molar-refractivity contribution in [3.05, 3.63) is 100 Å². The molecule has 1 amide bonds. The van der Waals surface area contributed by atoms with Crippen LogP contribution in [0.2, 0.25) is 0 Å². The predicted molar refractivity (Wildman–Crippen MR) is 101 cm³/mol. The molecule has 1 atom stereocenters. The lowest BCUT2D eigenvalue weighted by molar-refractivity contribution is 0.0942. The van der Waals surface area contributed by atoms with Crippen LogP contribution in [0, 0.1) is 20.8 Å². The summed E-state index contributed by atoms with van der Waals surface area (Å²) in [6.07, 6.45) is 3.55. The zero-order chi connectivity index (χ0) is 17.8. The van der Waals surface area contributed by atoms with E-state index in [2.05, 4.69) is 42.3 Å². The molecule has 2 aromatic carbocycles. The van der Waals surface area contributed by atoms with Gasteiger partial charge in [-0.05, 0) is 55.2 Å². The number of aryl methyl sites for hydroxylation is 3. The first-order valence-corrected chi connectivity index (χ1v) is 8.40. The maximum atomic E-state index is 12.9. The largest absolute Gasteiger partial charge is 0.341 e. The van der Waals surface area contributed by atoms with Gasteiger partial charge in [0.25, 0.3) is 5.91 Å². The molecule has 0 aliphatic rings. The molecule has 3 nitrogen and oxygen atoms in total. The van der Waals surface area contributed by atoms with E-state index in [1.807, 2.05) is 49.5 Å². The van der Waals surface area contributed by atoms with Crippen LogP contribution in [-0.2, 0) is 0 Å². The second kappa shape index (κ2) is 7.31. The normalized spacial score (nSPS) is 11.8. The first-order valence-electron chi connectivity index (χ1n) is 8.40. The highest BCUT2D eigenvalue weighted by molar-refractivity contribution is 5.96. The maximum absolute atomic E-state index is 12.9. The van der Waals surface area contributed by atoms with E-state index in [-0.39, 0.29) is 11.9 Å². The van der Waals surface area contributed by atoms with Crippen LogP contribution in [0.4, 0.5) is 0 Å². The number of pyridine rings is 1. The van der Waals surface area contributed by atoms with Crippen LogP contribution in [-0.4, -0.2) is 10.9 Å². The lowest BCUT2D eigenvalue weighted by Gasteiger charge is -2.22. The summed E-state index contributed by atoms with van der Waals surface area (Å²) in [6.45, 7) is 6.08. The summed E-state index contributed by atoms with van der Waals surface area (Å²) in [6, 6.07) is 17.6. The molecule has 0 radical (unpaired) electrons. The minimum absolute atomic E-state index is 0.0761. The zero-order valence-corrected chi connectivity index (χ0v) is 14.8. The molecule has 25 heavy (non-hydrogen) atoms. The molecule has 0 bridgehead atoms. The molecule has 0 saturated carbocycles. The molecule has 0 spiro atoms. The second-order valence-electron chi connectivity index (χ2n) is 6.37. The highest BCUT2D eigenvalue weighted by Crippen LogP contribution is 2.26. The molecule has 0 saturated heterocycles. The van der Waals surface area contributed by atoms with Gasteiger partial charge in [-0.3, -0.25) is 9.78 Å². The lowest BCUT2D eigenvalue weighted by Crippen LogP contribution is -2.30. The highest BCUT2D eigenvalue weighted by Gasteiger charge is 2.20. The van der Waals surface area contributed by atoms with Crippen molar-refractivity contribution in [1.82, 2.24) is 10.3 Å². The number of hydrogen-bond acceptors (Lipinski definition) is 2. The molecule has 0 aliphatic heterocycles. The van der Waals surface area contributed by atoms with E-state index in [4.69, 9.17) is 0 Å². The van der Waals surface area contributed by atoms with E-state index >= 15 is 0 Å². The summed E-state index contributed by atoms with van der Waals surface area (Å²) in [5.74, 6) is -0.0761. The Kier molecular flexibility index (Phi) is 4.94. The number of rotatable bonds is 4. The van der Waals surface area contributed by atoms with Gasteiger partial charge >= 0.3 is 0 Å². The van der Waals surface area contributed by atoms with Gasteiger partial charge in [-0.15, -0.1) is 0 Å². The fraction of sp³-hybridized carbons (Fsp3) is 0.182. The maximum Gasteiger partial charge on any atom is 0.252 e. The number of nitrogens with one attached hydrogen (secondary N) is 1. The summed E-state index contributed by atoms with van der Waals surface area (Å²) in [5.41, 5.74) is 6.03. The molecule has 126 valence electrons. The number of amides is 1. The van der Waals surface area contributed by atoms with Crippen molar-refractivity contribution in [3.63, 3.8) is 0 Å². The van der Waals surface area contributed by atoms with Crippen molar-refractivity contribution in [3.8, 4) is 0 Å². The first kappa shape index (κ1) is 16.9. The molecule has 3 rings (SSSR count). The monoisotopic (exact) mass is 330 g/mol. The van der Waals surface area contributed by atoms with Crippen molar-refractivity contribution < 1.29 is 4.79 Å². The molecular weight excluding hydrogens is 308 g/mol. The Hall–Kier alpha value is -2.94. The molecule has 1 heterocycles. The Morgan fingerprint density at radius 2 is 1.76 bits per heavy atom. The van der Waals surface area contributed by atoms with Gasteiger partial charge in [-0.2, -0.15) is 0 Å². The van der Waals surface area contributed by atoms with Crippen LogP contribution in [0.15, 0.2) is 67.0 Å². The predicted octanol–water partition coefficient (Wildman–Crippen LogP) is 4.53. The molecule has 0 aliphatic carbocycles. The molecule has 1 unspecified atom stereocenters. The number of carbonyl (C=O) groups is 1. The highest BCUT2D eigenvalue weighted by atomic mass is 16.1. The van der Waals surface area contributed by atoms with E-state index in [0.29, 0.717) is 5.56 Å². The Bertz CT molecular complexity index is 888. The van der Waals surface area contributed by atoms with Gasteiger partial charge in [0, 0.05) is 18.0 Å². The Balaban J connectivity index is 2.02. The first-order chi connectivity index (χ1) is 12.1. The van der Waals surface area contributed by atoms with Gasteiger partial charge < -0.3 is 5.32 Å². The lowest BCUT2D eigenvalue weighted by atomic mass is 9.94. The SMILES string of the molecule is Cc1ccc(C)c(C(NC(=O)c2ccccc2C)c2cccnc2)c1. The molecular formula is C22H22N2O. The van der Waals surface area contributed by atoms with Crippen molar-refractivity contribution >= 4 is 5.91 Å². The van der Waals surface area contributed by atoms with Gasteiger partial charge in [0.2, 0.25) is 0 Å². The summed E-state index contributed by atoms with van der Waals surface area (Å²) < 4.78 is 0. The zero-order valence-electron chi connectivity index (χ0n) is 14.8. The minimum Gasteiger partial charge on any atom is -0.341 e. The summed E-state index contributed by atoms with van der Waals surface area (Å²) in [4.78, 5) is 17.1. The summed E-state index contributed by atoms with van der Waals surface area (Å²) in [5, 5.41) is 3.20. The Morgan fingerprint density at radius 3 is 2.48 bits per heavy atom. The molecule has 3 heteroatoms. The molecule has 3 aromatic rings. The quantitative estimate of drug-likeness (QED) is 0.764. The van der Waals surface area contributed by atoms with Crippen LogP contribution < -0.4 is 5.32 Å². The number of carbonyl (C=O) groups excluding carboxylic acids is 1. The van der Waals surface area contributed by atoms with E-state index in [9.17, 15) is 4.79 Å². The van der Waals surface area contributed by atoms with Crippen molar-refractivity contribution in [2.45, 2.75) is 26.8 Å². The third kappa shape index (κ3) is 3.77. The van der Waals surface area contributed by atoms with Crippen LogP contribution in [0.25, 0.3) is 0 Å². The Morgan fingerprint density at radius 1 is 0.960 bits per heavy atom. The summed E-state index contributed by atoms with van der Waals surface area (Å²) in [7, 11) is 0. The fourth-order valence-electron chi connectivity index (χ4n) is 2.99. The number of benzene rings is 2. The van der Waals surface area contributed by atoms with E-state index in [0.717, 1.165) is 22.3 Å². The van der Waals surface area contributed by atoms with Gasteiger partial charge in [-0.1, -0.05) is 48.0 Å². The smallest absolute Gasteiger partial charge is 0.252 e. The third-order valence-electron chi connectivity index (χ3n) is 4.43. The molecule has 1 aromatic heterocycles. The fourth-order valence-corrected chi connectivity index (χ4v) is 2.99. The van der Waals surface area contributed by atoms with Crippen molar-refractivity contribution in [2.24, 2.45) is 0 Å². The number of nitrogens with zero attached hydrogens (tertiary/aromatic N) is 1. The van der Waals surface area contributed by atoms with Gasteiger partial charge in [0.05, 0.1) is 6.04 Å². The minimum atomic E-state index is -0.235. The van der Waals surface area contributed by atoms with Crippen LogP contribution in [0.3, 0.4) is 0 Å². The van der Waals surface area contributed by atoms with Crippen LogP contribution in [0.1, 0.15) is 44.2 Å². The molecule has 1 N–H and O–H groups in total. The van der Waals surface area contributed by atoms with E-state index in [1.165, 1.54) is 5.56 Å². The summed E-state index contributed by atoms with van der Waals surface area (Å²) >= 11 is 0. The van der Waals surface area contributed by atoms with Gasteiger partial charge in [-0.25, -0.2) is 0 Å². The second-order valence-corrected chi connectivity index (χ2v) is 6.37. The van der Waals surface area contributed by atoms with Crippen molar-refractivity contribution in [2.75, 3.05) is 0 Å². The van der Waals surface area contributed by atoms with Gasteiger partial charge in [0.1, 0.15) is 0 Å². The number of aromatic nitrogens is 1. The van der Waals surface area contributed by atoms with Crippen LogP contribution >= 0.6 is 0 Å². The average Bonchev–Trinajstić information content (AvgIpc) is 2.63. The van der Waals surface area contributed by atoms with Crippen molar-refractivity contribution in [1.29, 1.82) is 0 Å². The topological polar surface area (TPSA) is 42.0 Å². The standard InChI is InChI=1S/C22H22N2O/c1-15-10-11-17(3)20(13-15)21(18-8-6-12-23-14-18)24-22(25)19-9-5-4-7-16(19)2/h4-14,21H,1-3H3,(H,24,25). The van der Waals surface area contributed by atoms with Crippen LogP contribution in [0.5, 0.6) is 0 Å². The average molecular weight is 330 g/mol. The number of hydrogen-bond donors (Lipinski definition) is 1. The Labute approximate surface area is 148 Å². The van der Waals surface area contributed by atoms with E-state index in [1.54, 1.807) is 6.20 Å².